The Morgan fingerprint density at radius 2 is 1.79 bits per heavy atom. The second-order valence-electron chi connectivity index (χ2n) is 6.45. The molecule has 0 saturated heterocycles. The number of H-pyrrole nitrogens is 1. The first-order valence-electron chi connectivity index (χ1n) is 9.02. The van der Waals surface area contributed by atoms with Gasteiger partial charge in [0.25, 0.3) is 5.56 Å². The lowest BCUT2D eigenvalue weighted by Crippen LogP contribution is -2.42. The number of pyridine rings is 1. The summed E-state index contributed by atoms with van der Waals surface area (Å²) in [7, 11) is 0. The van der Waals surface area contributed by atoms with Gasteiger partial charge >= 0.3 is 6.03 Å². The van der Waals surface area contributed by atoms with Crippen molar-refractivity contribution >= 4 is 40.6 Å². The summed E-state index contributed by atoms with van der Waals surface area (Å²) in [6.45, 7) is 3.55. The summed E-state index contributed by atoms with van der Waals surface area (Å²) in [5.74, 6) is -0.0414. The van der Waals surface area contributed by atoms with Gasteiger partial charge in [-0.25, -0.2) is 4.79 Å². The maximum Gasteiger partial charge on any atom is 0.347 e. The van der Waals surface area contributed by atoms with Crippen LogP contribution in [0.4, 0.5) is 10.5 Å². The molecule has 33 heavy (non-hydrogen) atoms. The standard InChI is InChI=1S/C20H11Cl2N7O4/c1-10-15(9-23)26-29(20(32)25-10)12-6-13(21)19(14(22)7-12)33-17-2-3-18(31)28(27-17)11-4-5-24-16(30)8-11/h2-8H,1H2,(H,24,30)(H,25,32). The number of nitriles is 1. The molecule has 2 amide bonds. The molecule has 164 valence electrons. The average molecular weight is 484 g/mol. The first-order valence-corrected chi connectivity index (χ1v) is 9.78. The Bertz CT molecular complexity index is 1480. The quantitative estimate of drug-likeness (QED) is 0.583. The number of urea groups is 1. The van der Waals surface area contributed by atoms with E-state index in [1.807, 2.05) is 6.07 Å². The van der Waals surface area contributed by atoms with Gasteiger partial charge in [0, 0.05) is 24.4 Å². The van der Waals surface area contributed by atoms with Crippen LogP contribution in [0.2, 0.25) is 10.0 Å². The summed E-state index contributed by atoms with van der Waals surface area (Å²) in [5.41, 5.74) is -0.542. The molecule has 2 N–H and O–H groups in total. The average Bonchev–Trinajstić information content (AvgIpc) is 2.77. The number of nitrogens with zero attached hydrogens (tertiary/aromatic N) is 5. The summed E-state index contributed by atoms with van der Waals surface area (Å²) in [6, 6.07) is 9.04. The monoisotopic (exact) mass is 483 g/mol. The van der Waals surface area contributed by atoms with Crippen molar-refractivity contribution in [1.82, 2.24) is 20.1 Å². The third-order valence-electron chi connectivity index (χ3n) is 4.26. The third-order valence-corrected chi connectivity index (χ3v) is 4.82. The van der Waals surface area contributed by atoms with E-state index in [4.69, 9.17) is 33.2 Å². The van der Waals surface area contributed by atoms with E-state index < -0.39 is 17.1 Å². The van der Waals surface area contributed by atoms with Gasteiger partial charge in [0.1, 0.15) is 6.07 Å². The molecule has 1 aliphatic rings. The molecule has 4 rings (SSSR count). The van der Waals surface area contributed by atoms with Crippen LogP contribution in [0.5, 0.6) is 11.6 Å². The Morgan fingerprint density at radius 1 is 1.06 bits per heavy atom. The van der Waals surface area contributed by atoms with Crippen molar-refractivity contribution < 1.29 is 9.53 Å². The van der Waals surface area contributed by atoms with Crippen molar-refractivity contribution in [2.24, 2.45) is 5.10 Å². The van der Waals surface area contributed by atoms with E-state index in [0.717, 1.165) is 9.69 Å². The predicted molar refractivity (Wildman–Crippen MR) is 120 cm³/mol. The highest BCUT2D eigenvalue weighted by atomic mass is 35.5. The van der Waals surface area contributed by atoms with Crippen molar-refractivity contribution in [2.75, 3.05) is 5.01 Å². The minimum Gasteiger partial charge on any atom is -0.434 e. The molecule has 1 aliphatic heterocycles. The second kappa shape index (κ2) is 8.62. The molecule has 2 aromatic heterocycles. The van der Waals surface area contributed by atoms with E-state index >= 15 is 0 Å². The van der Waals surface area contributed by atoms with E-state index in [1.54, 1.807) is 0 Å². The number of carbonyl (C=O) groups excluding carboxylic acids is 1. The van der Waals surface area contributed by atoms with Gasteiger partial charge in [-0.2, -0.15) is 20.1 Å². The number of nitrogens with one attached hydrogen (secondary N) is 2. The third kappa shape index (κ3) is 4.33. The lowest BCUT2D eigenvalue weighted by atomic mass is 10.2. The maximum atomic E-state index is 12.2. The Kier molecular flexibility index (Phi) is 5.70. The van der Waals surface area contributed by atoms with Gasteiger partial charge < -0.3 is 15.0 Å². The van der Waals surface area contributed by atoms with Crippen LogP contribution in [0.3, 0.4) is 0 Å². The van der Waals surface area contributed by atoms with E-state index in [0.29, 0.717) is 0 Å². The van der Waals surface area contributed by atoms with Gasteiger partial charge in [0.05, 0.1) is 27.1 Å². The lowest BCUT2D eigenvalue weighted by molar-refractivity contribution is 0.248. The maximum absolute atomic E-state index is 12.2. The summed E-state index contributed by atoms with van der Waals surface area (Å²) in [5, 5.41) is 20.5. The molecule has 3 heterocycles. The van der Waals surface area contributed by atoms with Crippen LogP contribution in [0, 0.1) is 11.3 Å². The number of hydrogen-bond donors (Lipinski definition) is 2. The van der Waals surface area contributed by atoms with Crippen molar-refractivity contribution in [1.29, 1.82) is 5.26 Å². The minimum absolute atomic E-state index is 0.000821. The number of rotatable bonds is 4. The molecule has 0 radical (unpaired) electrons. The number of carbonyl (C=O) groups is 1. The highest BCUT2D eigenvalue weighted by molar-refractivity contribution is 6.37. The Balaban J connectivity index is 1.69. The number of hydrazone groups is 1. The Labute approximate surface area is 194 Å². The van der Waals surface area contributed by atoms with Crippen molar-refractivity contribution in [3.05, 3.63) is 85.6 Å². The van der Waals surface area contributed by atoms with E-state index in [-0.39, 0.29) is 44.5 Å². The molecule has 3 aromatic rings. The minimum atomic E-state index is -0.661. The van der Waals surface area contributed by atoms with Gasteiger partial charge in [-0.15, -0.1) is 5.10 Å². The first kappa shape index (κ1) is 21.8. The van der Waals surface area contributed by atoms with E-state index in [1.165, 1.54) is 42.6 Å². The van der Waals surface area contributed by atoms with Gasteiger partial charge in [-0.05, 0) is 18.2 Å². The van der Waals surface area contributed by atoms with Crippen LogP contribution in [-0.4, -0.2) is 26.5 Å². The van der Waals surface area contributed by atoms with Crippen LogP contribution in [0.15, 0.2) is 69.6 Å². The zero-order valence-corrected chi connectivity index (χ0v) is 17.9. The predicted octanol–water partition coefficient (Wildman–Crippen LogP) is 2.94. The number of allylic oxidation sites excluding steroid dienone is 1. The first-order chi connectivity index (χ1) is 15.8. The van der Waals surface area contributed by atoms with Crippen LogP contribution in [0.1, 0.15) is 0 Å². The summed E-state index contributed by atoms with van der Waals surface area (Å²) in [4.78, 5) is 38.4. The molecule has 11 nitrogen and oxygen atoms in total. The Hall–Kier alpha value is -4.40. The molecule has 0 saturated carbocycles. The van der Waals surface area contributed by atoms with Gasteiger partial charge in [-0.3, -0.25) is 9.59 Å². The second-order valence-corrected chi connectivity index (χ2v) is 7.27. The van der Waals surface area contributed by atoms with Gasteiger partial charge in [0.15, 0.2) is 11.5 Å². The number of benzene rings is 1. The summed E-state index contributed by atoms with van der Waals surface area (Å²) < 4.78 is 6.65. The van der Waals surface area contributed by atoms with E-state index in [2.05, 4.69) is 27.1 Å². The number of aromatic amines is 1. The number of hydrogen-bond acceptors (Lipinski definition) is 7. The molecule has 0 bridgehead atoms. The highest BCUT2D eigenvalue weighted by Gasteiger charge is 2.26. The molecule has 0 atom stereocenters. The molecule has 0 aliphatic carbocycles. The SMILES string of the molecule is C=C1NC(=O)N(c2cc(Cl)c(Oc3ccc(=O)n(-c4cc[nH]c(=O)c4)n3)c(Cl)c2)N=C1C#N. The normalized spacial score (nSPS) is 13.2. The largest absolute Gasteiger partial charge is 0.434 e. The number of amides is 2. The topological polar surface area (TPSA) is 145 Å². The van der Waals surface area contributed by atoms with E-state index in [9.17, 15) is 14.4 Å². The van der Waals surface area contributed by atoms with Crippen molar-refractivity contribution in [3.63, 3.8) is 0 Å². The van der Waals surface area contributed by atoms with Crippen LogP contribution >= 0.6 is 23.2 Å². The number of halogens is 2. The molecular formula is C20H11Cl2N7O4. The number of aromatic nitrogens is 3. The zero-order chi connectivity index (χ0) is 23.7. The Morgan fingerprint density at radius 3 is 2.45 bits per heavy atom. The van der Waals surface area contributed by atoms with Crippen molar-refractivity contribution in [2.45, 2.75) is 0 Å². The zero-order valence-electron chi connectivity index (χ0n) is 16.4. The molecule has 0 fully saturated rings. The fourth-order valence-corrected chi connectivity index (χ4v) is 3.33. The number of anilines is 1. The van der Waals surface area contributed by atoms with Crippen LogP contribution < -0.4 is 26.2 Å². The lowest BCUT2D eigenvalue weighted by Gasteiger charge is -2.24. The summed E-state index contributed by atoms with van der Waals surface area (Å²) >= 11 is 12.6. The van der Waals surface area contributed by atoms with Crippen LogP contribution in [0.25, 0.3) is 5.69 Å². The molecule has 0 unspecified atom stereocenters. The molecular weight excluding hydrogens is 473 g/mol. The molecule has 1 aromatic carbocycles. The van der Waals surface area contributed by atoms with Crippen molar-refractivity contribution in [3.8, 4) is 23.4 Å². The molecule has 13 heteroatoms. The fourth-order valence-electron chi connectivity index (χ4n) is 2.78. The number of ether oxygens (including phenoxy) is 1. The highest BCUT2D eigenvalue weighted by Crippen LogP contribution is 2.39. The van der Waals surface area contributed by atoms with Gasteiger partial charge in [0.2, 0.25) is 11.4 Å². The van der Waals surface area contributed by atoms with Crippen LogP contribution in [-0.2, 0) is 0 Å². The molecule has 0 spiro atoms. The fraction of sp³-hybridized carbons (Fsp3) is 0. The summed E-state index contributed by atoms with van der Waals surface area (Å²) in [6.07, 6.45) is 1.37. The smallest absolute Gasteiger partial charge is 0.347 e. The van der Waals surface area contributed by atoms with Gasteiger partial charge in [-0.1, -0.05) is 29.8 Å².